The van der Waals surface area contributed by atoms with Gasteiger partial charge in [0.25, 0.3) is 0 Å². The normalized spacial score (nSPS) is 16.2. The van der Waals surface area contributed by atoms with Crippen LogP contribution in [-0.4, -0.2) is 53.6 Å². The summed E-state index contributed by atoms with van der Waals surface area (Å²) in [6, 6.07) is 11.6. The number of aromatic hydroxyl groups is 1. The van der Waals surface area contributed by atoms with E-state index in [2.05, 4.69) is 39.6 Å². The van der Waals surface area contributed by atoms with Crippen LogP contribution in [0, 0.1) is 0 Å². The van der Waals surface area contributed by atoms with Crippen molar-refractivity contribution in [2.24, 2.45) is 4.99 Å². The fourth-order valence-corrected chi connectivity index (χ4v) is 3.68. The van der Waals surface area contributed by atoms with Gasteiger partial charge in [0.05, 0.1) is 6.54 Å². The number of thiophene rings is 1. The molecule has 0 amide bonds. The van der Waals surface area contributed by atoms with Gasteiger partial charge in [-0.25, -0.2) is 4.99 Å². The van der Waals surface area contributed by atoms with Gasteiger partial charge in [0.2, 0.25) is 0 Å². The average molecular weight is 359 g/mol. The van der Waals surface area contributed by atoms with Gasteiger partial charge < -0.3 is 15.3 Å². The van der Waals surface area contributed by atoms with Crippen LogP contribution in [-0.2, 0) is 13.1 Å². The maximum atomic E-state index is 9.38. The molecule has 3 rings (SSSR count). The molecule has 0 atom stereocenters. The Morgan fingerprint density at radius 2 is 1.92 bits per heavy atom. The number of hydrogen-bond acceptors (Lipinski definition) is 4. The molecule has 6 heteroatoms. The Kier molecular flexibility index (Phi) is 6.30. The molecule has 1 aromatic heterocycles. The minimum Gasteiger partial charge on any atom is -0.508 e. The Balaban J connectivity index is 1.55. The van der Waals surface area contributed by atoms with Crippen LogP contribution >= 0.6 is 11.3 Å². The number of phenols is 1. The maximum absolute atomic E-state index is 9.38. The SMILES string of the molecule is CCNC(=NCc1ccc(O)cc1)N1CCN(Cc2cccs2)CC1. The largest absolute Gasteiger partial charge is 0.508 e. The third kappa shape index (κ3) is 5.21. The topological polar surface area (TPSA) is 51.1 Å². The molecule has 0 aliphatic carbocycles. The van der Waals surface area contributed by atoms with E-state index in [1.165, 1.54) is 4.88 Å². The fraction of sp³-hybridized carbons (Fsp3) is 0.421. The number of nitrogens with one attached hydrogen (secondary N) is 1. The summed E-state index contributed by atoms with van der Waals surface area (Å²) in [6.07, 6.45) is 0. The van der Waals surface area contributed by atoms with Crippen LogP contribution < -0.4 is 5.32 Å². The van der Waals surface area contributed by atoms with Crippen molar-refractivity contribution < 1.29 is 5.11 Å². The number of rotatable bonds is 5. The highest BCUT2D eigenvalue weighted by Crippen LogP contribution is 2.14. The van der Waals surface area contributed by atoms with E-state index in [-0.39, 0.29) is 0 Å². The smallest absolute Gasteiger partial charge is 0.194 e. The van der Waals surface area contributed by atoms with Gasteiger partial charge in [-0.1, -0.05) is 18.2 Å². The van der Waals surface area contributed by atoms with Crippen molar-refractivity contribution in [1.82, 2.24) is 15.1 Å². The summed E-state index contributed by atoms with van der Waals surface area (Å²) in [5.74, 6) is 1.27. The minimum atomic E-state index is 0.293. The number of guanidine groups is 1. The molecule has 0 spiro atoms. The average Bonchev–Trinajstić information content (AvgIpc) is 3.14. The zero-order valence-corrected chi connectivity index (χ0v) is 15.5. The van der Waals surface area contributed by atoms with E-state index in [0.29, 0.717) is 12.3 Å². The molecule has 1 aliphatic heterocycles. The van der Waals surface area contributed by atoms with Crippen LogP contribution in [0.15, 0.2) is 46.8 Å². The molecule has 0 unspecified atom stereocenters. The number of benzene rings is 1. The Labute approximate surface area is 153 Å². The van der Waals surface area contributed by atoms with Crippen LogP contribution in [0.4, 0.5) is 0 Å². The summed E-state index contributed by atoms with van der Waals surface area (Å²) >= 11 is 1.83. The second-order valence-corrected chi connectivity index (χ2v) is 7.21. The number of aliphatic imine (C=N–C) groups is 1. The predicted molar refractivity (Wildman–Crippen MR) is 104 cm³/mol. The van der Waals surface area contributed by atoms with Crippen LogP contribution in [0.3, 0.4) is 0 Å². The lowest BCUT2D eigenvalue weighted by atomic mass is 10.2. The highest BCUT2D eigenvalue weighted by Gasteiger charge is 2.19. The monoisotopic (exact) mass is 358 g/mol. The van der Waals surface area contributed by atoms with Crippen LogP contribution in [0.1, 0.15) is 17.4 Å². The van der Waals surface area contributed by atoms with Crippen LogP contribution in [0.5, 0.6) is 5.75 Å². The highest BCUT2D eigenvalue weighted by atomic mass is 32.1. The molecule has 2 aromatic rings. The summed E-state index contributed by atoms with van der Waals surface area (Å²) in [5.41, 5.74) is 1.10. The van der Waals surface area contributed by atoms with Gasteiger partial charge in [-0.2, -0.15) is 0 Å². The quantitative estimate of drug-likeness (QED) is 0.637. The summed E-state index contributed by atoms with van der Waals surface area (Å²) in [6.45, 7) is 8.74. The molecule has 1 aromatic carbocycles. The van der Waals surface area contributed by atoms with E-state index in [9.17, 15) is 5.11 Å². The second kappa shape index (κ2) is 8.87. The van der Waals surface area contributed by atoms with E-state index >= 15 is 0 Å². The lowest BCUT2D eigenvalue weighted by Gasteiger charge is -2.36. The zero-order valence-electron chi connectivity index (χ0n) is 14.7. The fourth-order valence-electron chi connectivity index (χ4n) is 2.93. The zero-order chi connectivity index (χ0) is 17.5. The van der Waals surface area contributed by atoms with Crippen molar-refractivity contribution in [3.05, 3.63) is 52.2 Å². The van der Waals surface area contributed by atoms with Gasteiger partial charge >= 0.3 is 0 Å². The maximum Gasteiger partial charge on any atom is 0.194 e. The van der Waals surface area contributed by atoms with Gasteiger partial charge in [0.1, 0.15) is 5.75 Å². The van der Waals surface area contributed by atoms with Crippen molar-refractivity contribution >= 4 is 17.3 Å². The lowest BCUT2D eigenvalue weighted by molar-refractivity contribution is 0.173. The Hall–Kier alpha value is -2.05. The number of hydrogen-bond donors (Lipinski definition) is 2. The number of piperazine rings is 1. The molecule has 1 fully saturated rings. The third-order valence-corrected chi connectivity index (χ3v) is 5.18. The Bertz CT molecular complexity index is 661. The van der Waals surface area contributed by atoms with E-state index in [1.807, 2.05) is 23.5 Å². The van der Waals surface area contributed by atoms with E-state index in [0.717, 1.165) is 50.8 Å². The van der Waals surface area contributed by atoms with E-state index < -0.39 is 0 Å². The van der Waals surface area contributed by atoms with Gasteiger partial charge in [0, 0.05) is 44.1 Å². The molecule has 1 aliphatic rings. The van der Waals surface area contributed by atoms with Gasteiger partial charge in [-0.05, 0) is 36.1 Å². The highest BCUT2D eigenvalue weighted by molar-refractivity contribution is 7.09. The minimum absolute atomic E-state index is 0.293. The molecule has 0 radical (unpaired) electrons. The Morgan fingerprint density at radius 1 is 1.16 bits per heavy atom. The molecular formula is C19H26N4OS. The molecule has 2 heterocycles. The predicted octanol–water partition coefficient (Wildman–Crippen LogP) is 2.74. The first kappa shape index (κ1) is 17.8. The summed E-state index contributed by atoms with van der Waals surface area (Å²) in [5, 5.41) is 14.9. The van der Waals surface area contributed by atoms with E-state index in [4.69, 9.17) is 4.99 Å². The molecule has 1 saturated heterocycles. The number of phenolic OH excluding ortho intramolecular Hbond substituents is 1. The summed E-state index contributed by atoms with van der Waals surface area (Å²) in [4.78, 5) is 11.1. The first-order chi connectivity index (χ1) is 12.2. The molecule has 25 heavy (non-hydrogen) atoms. The van der Waals surface area contributed by atoms with Crippen molar-refractivity contribution in [2.45, 2.75) is 20.0 Å². The van der Waals surface area contributed by atoms with Crippen molar-refractivity contribution in [2.75, 3.05) is 32.7 Å². The molecule has 0 bridgehead atoms. The lowest BCUT2D eigenvalue weighted by Crippen LogP contribution is -2.52. The van der Waals surface area contributed by atoms with Crippen molar-refractivity contribution in [3.8, 4) is 5.75 Å². The Morgan fingerprint density at radius 3 is 2.56 bits per heavy atom. The molecule has 5 nitrogen and oxygen atoms in total. The standard InChI is InChI=1S/C19H26N4OS/c1-2-20-19(21-14-16-5-7-17(24)8-6-16)23-11-9-22(10-12-23)15-18-4-3-13-25-18/h3-8,13,24H,2,9-12,14-15H2,1H3,(H,20,21). The molecule has 134 valence electrons. The van der Waals surface area contributed by atoms with Crippen LogP contribution in [0.2, 0.25) is 0 Å². The second-order valence-electron chi connectivity index (χ2n) is 6.18. The van der Waals surface area contributed by atoms with Gasteiger partial charge in [-0.3, -0.25) is 4.90 Å². The molecule has 2 N–H and O–H groups in total. The van der Waals surface area contributed by atoms with Crippen molar-refractivity contribution in [3.63, 3.8) is 0 Å². The molecular weight excluding hydrogens is 332 g/mol. The van der Waals surface area contributed by atoms with Crippen molar-refractivity contribution in [1.29, 1.82) is 0 Å². The summed E-state index contributed by atoms with van der Waals surface area (Å²) < 4.78 is 0. The molecule has 0 saturated carbocycles. The third-order valence-electron chi connectivity index (χ3n) is 4.31. The van der Waals surface area contributed by atoms with Gasteiger partial charge in [0.15, 0.2) is 5.96 Å². The summed E-state index contributed by atoms with van der Waals surface area (Å²) in [7, 11) is 0. The van der Waals surface area contributed by atoms with E-state index in [1.54, 1.807) is 12.1 Å². The number of nitrogens with zero attached hydrogens (tertiary/aromatic N) is 3. The first-order valence-corrected chi connectivity index (χ1v) is 9.68. The van der Waals surface area contributed by atoms with Crippen LogP contribution in [0.25, 0.3) is 0 Å². The first-order valence-electron chi connectivity index (χ1n) is 8.80. The van der Waals surface area contributed by atoms with Gasteiger partial charge in [-0.15, -0.1) is 11.3 Å².